The van der Waals surface area contributed by atoms with Crippen LogP contribution in [-0.2, 0) is 0 Å². The lowest BCUT2D eigenvalue weighted by molar-refractivity contribution is 0.136. The smallest absolute Gasteiger partial charge is 0.0896 e. The van der Waals surface area contributed by atoms with Gasteiger partial charge in [-0.25, -0.2) is 0 Å². The zero-order valence-electron chi connectivity index (χ0n) is 11.4. The molecule has 2 atom stereocenters. The molecule has 98 valence electrons. The summed E-state index contributed by atoms with van der Waals surface area (Å²) < 4.78 is 1.05. The Kier molecular flexibility index (Phi) is 5.23. The number of halogens is 1. The van der Waals surface area contributed by atoms with Crippen LogP contribution in [0.15, 0.2) is 10.5 Å². The van der Waals surface area contributed by atoms with Gasteiger partial charge in [0, 0.05) is 14.2 Å². The van der Waals surface area contributed by atoms with E-state index in [1.54, 1.807) is 11.3 Å². The third kappa shape index (κ3) is 5.11. The highest BCUT2D eigenvalue weighted by Gasteiger charge is 2.21. The normalized spacial score (nSPS) is 15.9. The van der Waals surface area contributed by atoms with E-state index in [2.05, 4.69) is 56.6 Å². The number of aliphatic hydroxyl groups is 1. The molecule has 0 aliphatic carbocycles. The molecule has 1 heterocycles. The third-order valence-corrected chi connectivity index (χ3v) is 4.80. The number of hydrogen-bond donors (Lipinski definition) is 1. The lowest BCUT2D eigenvalue weighted by atomic mass is 9.83. The van der Waals surface area contributed by atoms with Gasteiger partial charge in [-0.15, -0.1) is 11.3 Å². The maximum atomic E-state index is 10.3. The molecule has 0 aliphatic heterocycles. The fourth-order valence-corrected chi connectivity index (χ4v) is 4.26. The first-order valence-electron chi connectivity index (χ1n) is 6.13. The Balaban J connectivity index is 2.60. The van der Waals surface area contributed by atoms with Gasteiger partial charge < -0.3 is 5.11 Å². The predicted octanol–water partition coefficient (Wildman–Crippen LogP) is 5.31. The van der Waals surface area contributed by atoms with E-state index in [4.69, 9.17) is 0 Å². The summed E-state index contributed by atoms with van der Waals surface area (Å²) in [6.45, 7) is 11.1. The van der Waals surface area contributed by atoms with E-state index in [1.807, 2.05) is 0 Å². The summed E-state index contributed by atoms with van der Waals surface area (Å²) in [5, 5.41) is 10.3. The molecule has 1 aromatic heterocycles. The molecule has 0 saturated carbocycles. The van der Waals surface area contributed by atoms with Crippen molar-refractivity contribution in [2.75, 3.05) is 0 Å². The largest absolute Gasteiger partial charge is 0.388 e. The van der Waals surface area contributed by atoms with Gasteiger partial charge in [0.1, 0.15) is 0 Å². The molecule has 1 nitrogen and oxygen atoms in total. The van der Waals surface area contributed by atoms with Gasteiger partial charge in [-0.05, 0) is 53.1 Å². The van der Waals surface area contributed by atoms with Crippen LogP contribution < -0.4 is 0 Å². The van der Waals surface area contributed by atoms with Gasteiger partial charge in [-0.2, -0.15) is 0 Å². The maximum absolute atomic E-state index is 10.3. The van der Waals surface area contributed by atoms with Crippen LogP contribution in [0.4, 0.5) is 0 Å². The molecule has 17 heavy (non-hydrogen) atoms. The van der Waals surface area contributed by atoms with Gasteiger partial charge in [0.25, 0.3) is 0 Å². The standard InChI is InChI=1S/C14H23BrOS/c1-9(8-14(3,4)5)6-12(16)13-11(15)7-10(2)17-13/h7,9,12,16H,6,8H2,1-5H3. The first kappa shape index (κ1) is 15.2. The average molecular weight is 319 g/mol. The second-order valence-electron chi connectivity index (χ2n) is 6.19. The Morgan fingerprint density at radius 3 is 2.41 bits per heavy atom. The van der Waals surface area contributed by atoms with Crippen LogP contribution >= 0.6 is 27.3 Å². The molecular formula is C14H23BrOS. The van der Waals surface area contributed by atoms with E-state index < -0.39 is 0 Å². The molecule has 0 spiro atoms. The fourth-order valence-electron chi connectivity index (χ4n) is 2.35. The van der Waals surface area contributed by atoms with Gasteiger partial charge >= 0.3 is 0 Å². The molecule has 0 aliphatic rings. The van der Waals surface area contributed by atoms with Crippen molar-refractivity contribution in [2.45, 2.75) is 53.6 Å². The van der Waals surface area contributed by atoms with Crippen molar-refractivity contribution in [3.8, 4) is 0 Å². The molecule has 0 saturated heterocycles. The third-order valence-electron chi connectivity index (χ3n) is 2.73. The van der Waals surface area contributed by atoms with Gasteiger partial charge in [0.15, 0.2) is 0 Å². The molecule has 0 aromatic carbocycles. The van der Waals surface area contributed by atoms with Gasteiger partial charge in [0.2, 0.25) is 0 Å². The Hall–Kier alpha value is 0.140. The van der Waals surface area contributed by atoms with Crippen LogP contribution in [0.3, 0.4) is 0 Å². The van der Waals surface area contributed by atoms with Gasteiger partial charge in [-0.1, -0.05) is 27.7 Å². The second kappa shape index (κ2) is 5.85. The molecule has 1 N–H and O–H groups in total. The lowest BCUT2D eigenvalue weighted by Gasteiger charge is -2.24. The van der Waals surface area contributed by atoms with Crippen molar-refractivity contribution in [1.29, 1.82) is 0 Å². The van der Waals surface area contributed by atoms with Crippen LogP contribution in [0.1, 0.15) is 56.4 Å². The van der Waals surface area contributed by atoms with Crippen molar-refractivity contribution >= 4 is 27.3 Å². The first-order chi connectivity index (χ1) is 7.69. The van der Waals surface area contributed by atoms with Crippen LogP contribution in [0.5, 0.6) is 0 Å². The molecule has 1 rings (SSSR count). The SMILES string of the molecule is Cc1cc(Br)c(C(O)CC(C)CC(C)(C)C)s1. The lowest BCUT2D eigenvalue weighted by Crippen LogP contribution is -2.13. The molecule has 0 radical (unpaired) electrons. The van der Waals surface area contributed by atoms with Crippen molar-refractivity contribution in [3.63, 3.8) is 0 Å². The second-order valence-corrected chi connectivity index (χ2v) is 8.33. The maximum Gasteiger partial charge on any atom is 0.0896 e. The van der Waals surface area contributed by atoms with E-state index in [0.29, 0.717) is 11.3 Å². The average Bonchev–Trinajstić information content (AvgIpc) is 2.41. The minimum atomic E-state index is -0.333. The minimum Gasteiger partial charge on any atom is -0.388 e. The Morgan fingerprint density at radius 2 is 2.00 bits per heavy atom. The molecule has 3 heteroatoms. The number of aliphatic hydroxyl groups excluding tert-OH is 1. The van der Waals surface area contributed by atoms with Crippen molar-refractivity contribution in [2.24, 2.45) is 11.3 Å². The van der Waals surface area contributed by atoms with Crippen LogP contribution in [0.2, 0.25) is 0 Å². The summed E-state index contributed by atoms with van der Waals surface area (Å²) in [7, 11) is 0. The van der Waals surface area contributed by atoms with Gasteiger partial charge in [-0.3, -0.25) is 0 Å². The highest BCUT2D eigenvalue weighted by molar-refractivity contribution is 9.10. The molecule has 2 unspecified atom stereocenters. The summed E-state index contributed by atoms with van der Waals surface area (Å²) >= 11 is 5.21. The van der Waals surface area contributed by atoms with Gasteiger partial charge in [0.05, 0.1) is 6.10 Å². The van der Waals surface area contributed by atoms with Crippen molar-refractivity contribution < 1.29 is 5.11 Å². The number of hydrogen-bond acceptors (Lipinski definition) is 2. The Labute approximate surface area is 117 Å². The van der Waals surface area contributed by atoms with E-state index in [9.17, 15) is 5.11 Å². The summed E-state index contributed by atoms with van der Waals surface area (Å²) in [6, 6.07) is 2.08. The quantitative estimate of drug-likeness (QED) is 0.797. The van der Waals surface area contributed by atoms with Crippen molar-refractivity contribution in [1.82, 2.24) is 0 Å². The summed E-state index contributed by atoms with van der Waals surface area (Å²) in [4.78, 5) is 2.32. The molecule has 1 aromatic rings. The highest BCUT2D eigenvalue weighted by atomic mass is 79.9. The summed E-state index contributed by atoms with van der Waals surface area (Å²) in [5.74, 6) is 0.541. The monoisotopic (exact) mass is 318 g/mol. The zero-order chi connectivity index (χ0) is 13.2. The summed E-state index contributed by atoms with van der Waals surface area (Å²) in [5.41, 5.74) is 0.335. The van der Waals surface area contributed by atoms with E-state index in [-0.39, 0.29) is 6.10 Å². The Bertz CT molecular complexity index is 365. The van der Waals surface area contributed by atoms with E-state index >= 15 is 0 Å². The topological polar surface area (TPSA) is 20.2 Å². The zero-order valence-corrected chi connectivity index (χ0v) is 13.8. The van der Waals surface area contributed by atoms with Crippen LogP contribution in [-0.4, -0.2) is 5.11 Å². The van der Waals surface area contributed by atoms with Crippen molar-refractivity contribution in [3.05, 3.63) is 20.3 Å². The summed E-state index contributed by atoms with van der Waals surface area (Å²) in [6.07, 6.45) is 1.66. The van der Waals surface area contributed by atoms with E-state index in [1.165, 1.54) is 4.88 Å². The molecular weight excluding hydrogens is 296 g/mol. The Morgan fingerprint density at radius 1 is 1.41 bits per heavy atom. The van der Waals surface area contributed by atoms with E-state index in [0.717, 1.165) is 22.2 Å². The molecule has 0 amide bonds. The number of thiophene rings is 1. The van der Waals surface area contributed by atoms with Crippen LogP contribution in [0.25, 0.3) is 0 Å². The number of rotatable bonds is 4. The highest BCUT2D eigenvalue weighted by Crippen LogP contribution is 2.37. The molecule has 0 bridgehead atoms. The molecule has 0 fully saturated rings. The van der Waals surface area contributed by atoms with Crippen LogP contribution in [0, 0.1) is 18.3 Å². The minimum absolute atomic E-state index is 0.333. The number of aryl methyl sites for hydroxylation is 1. The predicted molar refractivity (Wildman–Crippen MR) is 79.6 cm³/mol. The first-order valence-corrected chi connectivity index (χ1v) is 7.74. The fraction of sp³-hybridized carbons (Fsp3) is 0.714.